The Labute approximate surface area is 117 Å². The normalized spacial score (nSPS) is 19.6. The van der Waals surface area contributed by atoms with E-state index in [-0.39, 0.29) is 11.5 Å². The van der Waals surface area contributed by atoms with E-state index < -0.39 is 0 Å². The Morgan fingerprint density at radius 1 is 1.32 bits per heavy atom. The number of rotatable bonds is 7. The van der Waals surface area contributed by atoms with Gasteiger partial charge in [0.15, 0.2) is 0 Å². The molecule has 1 fully saturated rings. The second kappa shape index (κ2) is 7.85. The van der Waals surface area contributed by atoms with Gasteiger partial charge in [0.05, 0.1) is 13.0 Å². The Kier molecular flexibility index (Phi) is 6.80. The Balaban J connectivity index is 2.59. The number of piperidine rings is 1. The summed E-state index contributed by atoms with van der Waals surface area (Å²) >= 11 is 0. The number of esters is 1. The van der Waals surface area contributed by atoms with E-state index >= 15 is 0 Å². The van der Waals surface area contributed by atoms with Crippen LogP contribution in [0.15, 0.2) is 0 Å². The fraction of sp³-hybridized carbons (Fsp3) is 0.933. The molecule has 0 radical (unpaired) electrons. The third kappa shape index (κ3) is 5.11. The van der Waals surface area contributed by atoms with Crippen molar-refractivity contribution in [3.63, 3.8) is 0 Å². The molecular formula is C15H30N2O2. The summed E-state index contributed by atoms with van der Waals surface area (Å²) < 4.78 is 5.13. The smallest absolute Gasteiger partial charge is 0.307 e. The number of carbonyl (C=O) groups is 1. The molecular weight excluding hydrogens is 240 g/mol. The maximum Gasteiger partial charge on any atom is 0.307 e. The number of nitrogens with one attached hydrogen (secondary N) is 1. The standard InChI is InChI=1S/C15H30N2O2/c1-5-9-16-15(12-14(18)19-6-2)7-10-17(11-8-15)13(3)4/h13,16H,5-12H2,1-4H3. The van der Waals surface area contributed by atoms with Crippen LogP contribution in [-0.4, -0.2) is 48.7 Å². The van der Waals surface area contributed by atoms with Crippen LogP contribution in [0.2, 0.25) is 0 Å². The van der Waals surface area contributed by atoms with Gasteiger partial charge in [-0.25, -0.2) is 0 Å². The largest absolute Gasteiger partial charge is 0.466 e. The van der Waals surface area contributed by atoms with Gasteiger partial charge in [-0.05, 0) is 46.6 Å². The lowest BCUT2D eigenvalue weighted by molar-refractivity contribution is -0.145. The fourth-order valence-corrected chi connectivity index (χ4v) is 2.76. The molecule has 1 rings (SSSR count). The average Bonchev–Trinajstić information content (AvgIpc) is 2.37. The third-order valence-corrected chi connectivity index (χ3v) is 4.02. The van der Waals surface area contributed by atoms with Crippen LogP contribution in [0.1, 0.15) is 53.4 Å². The van der Waals surface area contributed by atoms with E-state index in [2.05, 4.69) is 31.0 Å². The van der Waals surface area contributed by atoms with Crippen LogP contribution in [0.4, 0.5) is 0 Å². The Bertz CT molecular complexity index is 271. The first-order valence-electron chi connectivity index (χ1n) is 7.67. The summed E-state index contributed by atoms with van der Waals surface area (Å²) in [5.41, 5.74) is -0.0480. The highest BCUT2D eigenvalue weighted by atomic mass is 16.5. The van der Waals surface area contributed by atoms with Crippen LogP contribution in [0.25, 0.3) is 0 Å². The lowest BCUT2D eigenvalue weighted by Crippen LogP contribution is -2.55. The Morgan fingerprint density at radius 2 is 1.95 bits per heavy atom. The van der Waals surface area contributed by atoms with Crippen molar-refractivity contribution in [3.8, 4) is 0 Å². The second-order valence-corrected chi connectivity index (χ2v) is 5.82. The van der Waals surface area contributed by atoms with Gasteiger partial charge < -0.3 is 15.0 Å². The highest BCUT2D eigenvalue weighted by Gasteiger charge is 2.36. The Hall–Kier alpha value is -0.610. The summed E-state index contributed by atoms with van der Waals surface area (Å²) in [6, 6.07) is 0.590. The molecule has 0 unspecified atom stereocenters. The van der Waals surface area contributed by atoms with Crippen molar-refractivity contribution in [2.24, 2.45) is 0 Å². The zero-order valence-electron chi connectivity index (χ0n) is 13.0. The van der Waals surface area contributed by atoms with Crippen molar-refractivity contribution in [2.45, 2.75) is 65.0 Å². The quantitative estimate of drug-likeness (QED) is 0.720. The van der Waals surface area contributed by atoms with Crippen molar-refractivity contribution >= 4 is 5.97 Å². The van der Waals surface area contributed by atoms with Gasteiger partial charge in [-0.2, -0.15) is 0 Å². The first kappa shape index (κ1) is 16.4. The van der Waals surface area contributed by atoms with Gasteiger partial charge in [0.1, 0.15) is 0 Å². The fourth-order valence-electron chi connectivity index (χ4n) is 2.76. The molecule has 112 valence electrons. The van der Waals surface area contributed by atoms with Crippen molar-refractivity contribution in [2.75, 3.05) is 26.2 Å². The van der Waals surface area contributed by atoms with Gasteiger partial charge in [0.25, 0.3) is 0 Å². The molecule has 4 heteroatoms. The molecule has 0 bridgehead atoms. The van der Waals surface area contributed by atoms with E-state index in [0.29, 0.717) is 19.1 Å². The van der Waals surface area contributed by atoms with Crippen molar-refractivity contribution < 1.29 is 9.53 Å². The number of nitrogens with zero attached hydrogens (tertiary/aromatic N) is 1. The van der Waals surface area contributed by atoms with Crippen LogP contribution in [0.5, 0.6) is 0 Å². The van der Waals surface area contributed by atoms with Crippen LogP contribution < -0.4 is 5.32 Å². The van der Waals surface area contributed by atoms with Gasteiger partial charge in [0.2, 0.25) is 0 Å². The number of hydrogen-bond donors (Lipinski definition) is 1. The van der Waals surface area contributed by atoms with E-state index in [1.54, 1.807) is 0 Å². The number of hydrogen-bond acceptors (Lipinski definition) is 4. The zero-order chi connectivity index (χ0) is 14.3. The first-order chi connectivity index (χ1) is 9.03. The highest BCUT2D eigenvalue weighted by molar-refractivity contribution is 5.71. The molecule has 0 atom stereocenters. The zero-order valence-corrected chi connectivity index (χ0v) is 13.0. The van der Waals surface area contributed by atoms with Crippen LogP contribution in [0.3, 0.4) is 0 Å². The predicted octanol–water partition coefficient (Wildman–Crippen LogP) is 2.18. The van der Waals surface area contributed by atoms with Gasteiger partial charge in [0, 0.05) is 24.7 Å². The summed E-state index contributed by atoms with van der Waals surface area (Å²) in [6.07, 6.45) is 3.67. The molecule has 0 amide bonds. The molecule has 19 heavy (non-hydrogen) atoms. The molecule has 0 aromatic rings. The molecule has 4 nitrogen and oxygen atoms in total. The van der Waals surface area contributed by atoms with E-state index in [1.807, 2.05) is 6.92 Å². The number of carbonyl (C=O) groups excluding carboxylic acids is 1. The predicted molar refractivity (Wildman–Crippen MR) is 78.2 cm³/mol. The molecule has 0 aliphatic carbocycles. The van der Waals surface area contributed by atoms with E-state index in [0.717, 1.165) is 38.9 Å². The minimum atomic E-state index is -0.0656. The molecule has 1 heterocycles. The van der Waals surface area contributed by atoms with Crippen molar-refractivity contribution in [1.29, 1.82) is 0 Å². The van der Waals surface area contributed by atoms with Crippen LogP contribution in [-0.2, 0) is 9.53 Å². The molecule has 0 spiro atoms. The summed E-state index contributed by atoms with van der Waals surface area (Å²) in [6.45, 7) is 12.1. The number of likely N-dealkylation sites (tertiary alicyclic amines) is 1. The first-order valence-corrected chi connectivity index (χ1v) is 7.67. The third-order valence-electron chi connectivity index (χ3n) is 4.02. The Morgan fingerprint density at radius 3 is 2.42 bits per heavy atom. The van der Waals surface area contributed by atoms with Gasteiger partial charge in [-0.1, -0.05) is 6.92 Å². The summed E-state index contributed by atoms with van der Waals surface area (Å²) in [5, 5.41) is 3.61. The molecule has 1 aliphatic rings. The maximum atomic E-state index is 11.8. The molecule has 0 saturated carbocycles. The van der Waals surface area contributed by atoms with Crippen molar-refractivity contribution in [3.05, 3.63) is 0 Å². The van der Waals surface area contributed by atoms with Gasteiger partial charge >= 0.3 is 5.97 Å². The van der Waals surface area contributed by atoms with Crippen molar-refractivity contribution in [1.82, 2.24) is 10.2 Å². The summed E-state index contributed by atoms with van der Waals surface area (Å²) in [7, 11) is 0. The van der Waals surface area contributed by atoms with E-state index in [1.165, 1.54) is 0 Å². The molecule has 1 saturated heterocycles. The summed E-state index contributed by atoms with van der Waals surface area (Å²) in [5.74, 6) is -0.0656. The SMILES string of the molecule is CCCNC1(CC(=O)OCC)CCN(C(C)C)CC1. The van der Waals surface area contributed by atoms with Gasteiger partial charge in [-0.3, -0.25) is 4.79 Å². The maximum absolute atomic E-state index is 11.8. The lowest BCUT2D eigenvalue weighted by atomic mass is 9.83. The van der Waals surface area contributed by atoms with E-state index in [9.17, 15) is 4.79 Å². The molecule has 0 aromatic heterocycles. The monoisotopic (exact) mass is 270 g/mol. The van der Waals surface area contributed by atoms with Gasteiger partial charge in [-0.15, -0.1) is 0 Å². The topological polar surface area (TPSA) is 41.6 Å². The average molecular weight is 270 g/mol. The van der Waals surface area contributed by atoms with Crippen LogP contribution >= 0.6 is 0 Å². The van der Waals surface area contributed by atoms with E-state index in [4.69, 9.17) is 4.74 Å². The lowest BCUT2D eigenvalue weighted by Gasteiger charge is -2.43. The van der Waals surface area contributed by atoms with Crippen LogP contribution in [0, 0.1) is 0 Å². The molecule has 1 aliphatic heterocycles. The highest BCUT2D eigenvalue weighted by Crippen LogP contribution is 2.27. The molecule has 0 aromatic carbocycles. The second-order valence-electron chi connectivity index (χ2n) is 5.82. The minimum absolute atomic E-state index is 0.0480. The number of ether oxygens (including phenoxy) is 1. The summed E-state index contributed by atoms with van der Waals surface area (Å²) in [4.78, 5) is 14.3. The minimum Gasteiger partial charge on any atom is -0.466 e. The molecule has 1 N–H and O–H groups in total.